The first-order valence-corrected chi connectivity index (χ1v) is 14.5. The van der Waals surface area contributed by atoms with Gasteiger partial charge in [0.1, 0.15) is 5.60 Å². The lowest BCUT2D eigenvalue weighted by atomic mass is 9.67. The first-order chi connectivity index (χ1) is 18.1. The maximum atomic E-state index is 11.7. The molecule has 0 saturated heterocycles. The minimum absolute atomic E-state index is 0.213. The van der Waals surface area contributed by atoms with Crippen molar-refractivity contribution in [2.24, 2.45) is 33.0 Å². The van der Waals surface area contributed by atoms with Gasteiger partial charge in [-0.05, 0) is 75.0 Å². The van der Waals surface area contributed by atoms with Crippen LogP contribution in [-0.2, 0) is 23.9 Å². The van der Waals surface area contributed by atoms with Gasteiger partial charge in [-0.15, -0.1) is 0 Å². The number of hydrogen-bond donors (Lipinski definition) is 1. The zero-order chi connectivity index (χ0) is 29.9. The molecule has 222 valence electrons. The zero-order valence-electron chi connectivity index (χ0n) is 25.3. The average molecular weight is 570 g/mol. The molecule has 0 amide bonds. The lowest BCUT2D eigenvalue weighted by Crippen LogP contribution is -2.38. The number of hydrogen-bond acceptors (Lipinski definition) is 8. The van der Waals surface area contributed by atoms with E-state index in [0.717, 1.165) is 50.4 Å². The third kappa shape index (κ3) is 11.8. The van der Waals surface area contributed by atoms with Gasteiger partial charge in [-0.2, -0.15) is 0 Å². The van der Waals surface area contributed by atoms with Gasteiger partial charge in [0, 0.05) is 19.3 Å². The highest BCUT2D eigenvalue weighted by molar-refractivity contribution is 6.81. The molecule has 0 aromatic heterocycles. The molecule has 0 aromatic rings. The van der Waals surface area contributed by atoms with E-state index in [-0.39, 0.29) is 18.2 Å². The number of nitrogens with zero attached hydrogens (tertiary/aromatic N) is 2. The van der Waals surface area contributed by atoms with Crippen molar-refractivity contribution in [3.05, 3.63) is 12.2 Å². The van der Waals surface area contributed by atoms with Gasteiger partial charge in [0.15, 0.2) is 11.3 Å². The Labute approximate surface area is 240 Å². The van der Waals surface area contributed by atoms with Crippen LogP contribution in [-0.4, -0.2) is 46.8 Å². The van der Waals surface area contributed by atoms with E-state index in [1.165, 1.54) is 18.4 Å². The number of rotatable bonds is 4. The van der Waals surface area contributed by atoms with Gasteiger partial charge in [0.2, 0.25) is 6.58 Å². The van der Waals surface area contributed by atoms with Gasteiger partial charge < -0.3 is 19.5 Å². The predicted octanol–water partition coefficient (Wildman–Crippen LogP) is 7.46. The molecule has 2 aliphatic carbocycles. The molecule has 1 heterocycles. The van der Waals surface area contributed by atoms with E-state index in [0.29, 0.717) is 29.6 Å². The van der Waals surface area contributed by atoms with Crippen LogP contribution in [0.25, 0.3) is 0 Å². The summed E-state index contributed by atoms with van der Waals surface area (Å²) in [7, 11) is 0. The summed E-state index contributed by atoms with van der Waals surface area (Å²) in [5.41, 5.74) is 2.27. The highest BCUT2D eigenvalue weighted by atomic mass is 35.5. The number of halogens is 1. The second-order valence-corrected chi connectivity index (χ2v) is 13.1. The summed E-state index contributed by atoms with van der Waals surface area (Å²) in [6.07, 6.45) is 9.80. The summed E-state index contributed by atoms with van der Waals surface area (Å²) in [4.78, 5) is 27.6. The van der Waals surface area contributed by atoms with Crippen molar-refractivity contribution in [3.8, 4) is 0 Å². The molecule has 0 radical (unpaired) electrons. The van der Waals surface area contributed by atoms with Gasteiger partial charge >= 0.3 is 11.9 Å². The molecule has 0 atom stereocenters. The first-order valence-electron chi connectivity index (χ1n) is 14.2. The lowest BCUT2D eigenvalue weighted by molar-refractivity contribution is -0.135. The molecule has 9 heteroatoms. The normalized spacial score (nSPS) is 25.3. The average Bonchev–Trinajstić information content (AvgIpc) is 3.27. The molecular formula is C30H50ClN2O6+. The second-order valence-electron chi connectivity index (χ2n) is 12.8. The summed E-state index contributed by atoms with van der Waals surface area (Å²) in [5.74, 6) is 0.474. The first kappa shape index (κ1) is 34.8. The third-order valence-electron chi connectivity index (χ3n) is 7.86. The Hall–Kier alpha value is -2.18. The number of carbonyl (C=O) groups is 2. The summed E-state index contributed by atoms with van der Waals surface area (Å²) in [6.45, 7) is 23.7. The van der Waals surface area contributed by atoms with Crippen LogP contribution >= 0.6 is 11.6 Å². The Balaban J connectivity index is 0.000000324. The molecule has 1 spiro atoms. The lowest BCUT2D eigenvalue weighted by Gasteiger charge is -2.40. The van der Waals surface area contributed by atoms with Crippen molar-refractivity contribution in [2.75, 3.05) is 13.2 Å². The van der Waals surface area contributed by atoms with E-state index in [9.17, 15) is 9.59 Å². The number of ether oxygens (including phenoxy) is 2. The van der Waals surface area contributed by atoms with Gasteiger partial charge in [0.05, 0.1) is 13.2 Å². The molecule has 0 unspecified atom stereocenters. The molecule has 0 aromatic carbocycles. The Morgan fingerprint density at radius 3 is 1.92 bits per heavy atom. The summed E-state index contributed by atoms with van der Waals surface area (Å²) >= 11 is 5.02. The van der Waals surface area contributed by atoms with Crippen LogP contribution in [0.4, 0.5) is 0 Å². The molecule has 1 N–H and O–H groups in total. The van der Waals surface area contributed by atoms with Crippen molar-refractivity contribution >= 4 is 34.4 Å². The van der Waals surface area contributed by atoms with Crippen molar-refractivity contribution in [1.29, 1.82) is 0 Å². The smallest absolute Gasteiger partial charge is 0.372 e. The van der Waals surface area contributed by atoms with Crippen molar-refractivity contribution in [1.82, 2.24) is 0 Å². The Morgan fingerprint density at radius 1 is 1.00 bits per heavy atom. The monoisotopic (exact) mass is 569 g/mol. The van der Waals surface area contributed by atoms with Gasteiger partial charge in [0.25, 0.3) is 5.17 Å². The second kappa shape index (κ2) is 15.6. The maximum Gasteiger partial charge on any atom is 0.372 e. The fourth-order valence-corrected chi connectivity index (χ4v) is 5.26. The van der Waals surface area contributed by atoms with Crippen molar-refractivity contribution in [2.45, 2.75) is 119 Å². The SMILES string of the molecule is CCOC(=O)/C(Cl)=N/O.CCOC(=O)C1=NOC2(CCC(C(C)(C)C)CC2)C1.[CH+]=C1CCC(C(C)(C)C)CC1. The largest absolute Gasteiger partial charge is 0.461 e. The summed E-state index contributed by atoms with van der Waals surface area (Å²) in [5, 5.41) is 13.7. The number of esters is 2. The number of allylic oxidation sites excluding steroid dienone is 1. The quantitative estimate of drug-likeness (QED) is 0.124. The van der Waals surface area contributed by atoms with Crippen LogP contribution < -0.4 is 0 Å². The van der Waals surface area contributed by atoms with E-state index in [1.54, 1.807) is 13.8 Å². The molecule has 2 fully saturated rings. The summed E-state index contributed by atoms with van der Waals surface area (Å²) < 4.78 is 9.32. The molecule has 8 nitrogen and oxygen atoms in total. The summed E-state index contributed by atoms with van der Waals surface area (Å²) in [6, 6.07) is 0. The van der Waals surface area contributed by atoms with Crippen molar-refractivity contribution < 1.29 is 29.1 Å². The van der Waals surface area contributed by atoms with E-state index >= 15 is 0 Å². The van der Waals surface area contributed by atoms with Gasteiger partial charge in [-0.1, -0.05) is 63.5 Å². The van der Waals surface area contributed by atoms with E-state index in [1.807, 2.05) is 0 Å². The predicted molar refractivity (Wildman–Crippen MR) is 155 cm³/mol. The van der Waals surface area contributed by atoms with E-state index in [2.05, 4.69) is 56.6 Å². The highest BCUT2D eigenvalue weighted by Gasteiger charge is 2.46. The molecule has 39 heavy (non-hydrogen) atoms. The zero-order valence-corrected chi connectivity index (χ0v) is 26.0. The molecule has 1 aliphatic heterocycles. The minimum atomic E-state index is -0.818. The fourth-order valence-electron chi connectivity index (χ4n) is 5.21. The van der Waals surface area contributed by atoms with E-state index < -0.39 is 11.1 Å². The third-order valence-corrected chi connectivity index (χ3v) is 8.09. The van der Waals surface area contributed by atoms with Crippen LogP contribution in [0.1, 0.15) is 113 Å². The molecule has 3 rings (SSSR count). The van der Waals surface area contributed by atoms with Gasteiger partial charge in [-0.25, -0.2) is 9.59 Å². The minimum Gasteiger partial charge on any atom is -0.461 e. The maximum absolute atomic E-state index is 11.7. The Kier molecular flexibility index (Phi) is 13.9. The van der Waals surface area contributed by atoms with Crippen LogP contribution in [0, 0.1) is 29.2 Å². The fraction of sp³-hybridized carbons (Fsp3) is 0.800. The van der Waals surface area contributed by atoms with Gasteiger partial charge in [-0.3, -0.25) is 0 Å². The highest BCUT2D eigenvalue weighted by Crippen LogP contribution is 2.46. The Bertz CT molecular complexity index is 867. The molecule has 2 saturated carbocycles. The topological polar surface area (TPSA) is 107 Å². The molecule has 0 bridgehead atoms. The van der Waals surface area contributed by atoms with Crippen LogP contribution in [0.15, 0.2) is 15.9 Å². The van der Waals surface area contributed by atoms with E-state index in [4.69, 9.17) is 33.0 Å². The number of oxime groups is 2. The van der Waals surface area contributed by atoms with Crippen molar-refractivity contribution in [3.63, 3.8) is 0 Å². The van der Waals surface area contributed by atoms with Crippen LogP contribution in [0.3, 0.4) is 0 Å². The number of carbonyl (C=O) groups excluding carboxylic acids is 2. The Morgan fingerprint density at radius 2 is 1.49 bits per heavy atom. The van der Waals surface area contributed by atoms with Crippen LogP contribution in [0.5, 0.6) is 0 Å². The van der Waals surface area contributed by atoms with Crippen LogP contribution in [0.2, 0.25) is 0 Å². The molecule has 3 aliphatic rings. The standard InChI is InChI=1S/C15H25NO3.C11H19.C4H6ClNO3/c1-5-18-13(17)12-10-15(19-16-12)8-6-11(7-9-15)14(2,3)4;1-9-5-7-10(8-6-9)11(2,3)4;1-2-9-4(7)3(5)6-8/h11H,5-10H2,1-4H3;1,10H,5-8H2,2-4H3;8H,2H2,1H3/q;+1;/b;;6-3-. The molecular weight excluding hydrogens is 520 g/mol.